The smallest absolute Gasteiger partial charge is 0.225 e. The predicted octanol–water partition coefficient (Wildman–Crippen LogP) is 1.31. The standard InChI is InChI=1S/C16H24N4O3/c1-22-15-10-14(17-11-18-15)19-13-2-6-20(7-3-13)16(21)12-4-8-23-9-5-12/h10-13H,2-9H2,1H3,(H,17,18,19). The number of ether oxygens (including phenoxy) is 2. The van der Waals surface area contributed by atoms with Gasteiger partial charge in [-0.2, -0.15) is 0 Å². The van der Waals surface area contributed by atoms with Crippen LogP contribution in [0, 0.1) is 5.92 Å². The Bertz CT molecular complexity index is 526. The molecule has 7 heteroatoms. The van der Waals surface area contributed by atoms with E-state index < -0.39 is 0 Å². The molecule has 2 aliphatic rings. The van der Waals surface area contributed by atoms with Gasteiger partial charge in [0.05, 0.1) is 7.11 Å². The number of aromatic nitrogens is 2. The van der Waals surface area contributed by atoms with Crippen molar-refractivity contribution in [2.24, 2.45) is 5.92 Å². The third-order valence-electron chi connectivity index (χ3n) is 4.58. The van der Waals surface area contributed by atoms with Gasteiger partial charge in [0.1, 0.15) is 12.1 Å². The van der Waals surface area contributed by atoms with E-state index in [4.69, 9.17) is 9.47 Å². The second-order valence-corrected chi connectivity index (χ2v) is 6.08. The summed E-state index contributed by atoms with van der Waals surface area (Å²) in [6.45, 7) is 3.03. The number of carbonyl (C=O) groups is 1. The first-order valence-corrected chi connectivity index (χ1v) is 8.25. The molecule has 2 fully saturated rings. The van der Waals surface area contributed by atoms with Crippen LogP contribution in [0.1, 0.15) is 25.7 Å². The number of anilines is 1. The summed E-state index contributed by atoms with van der Waals surface area (Å²) in [5.74, 6) is 1.77. The minimum Gasteiger partial charge on any atom is -0.481 e. The van der Waals surface area contributed by atoms with Crippen LogP contribution in [-0.4, -0.2) is 60.2 Å². The summed E-state index contributed by atoms with van der Waals surface area (Å²) >= 11 is 0. The van der Waals surface area contributed by atoms with Crippen LogP contribution < -0.4 is 10.1 Å². The number of hydrogen-bond donors (Lipinski definition) is 1. The quantitative estimate of drug-likeness (QED) is 0.901. The monoisotopic (exact) mass is 320 g/mol. The molecular formula is C16H24N4O3. The zero-order chi connectivity index (χ0) is 16.1. The Morgan fingerprint density at radius 3 is 2.70 bits per heavy atom. The second kappa shape index (κ2) is 7.59. The van der Waals surface area contributed by atoms with E-state index in [0.717, 1.165) is 44.6 Å². The van der Waals surface area contributed by atoms with Gasteiger partial charge >= 0.3 is 0 Å². The van der Waals surface area contributed by atoms with Crippen molar-refractivity contribution in [3.05, 3.63) is 12.4 Å². The van der Waals surface area contributed by atoms with Crippen molar-refractivity contribution in [2.45, 2.75) is 31.7 Å². The van der Waals surface area contributed by atoms with E-state index in [0.29, 0.717) is 31.0 Å². The molecule has 0 bridgehead atoms. The maximum Gasteiger partial charge on any atom is 0.225 e. The van der Waals surface area contributed by atoms with Crippen molar-refractivity contribution >= 4 is 11.7 Å². The lowest BCUT2D eigenvalue weighted by molar-refractivity contribution is -0.139. The Morgan fingerprint density at radius 2 is 2.00 bits per heavy atom. The molecule has 126 valence electrons. The Morgan fingerprint density at radius 1 is 1.26 bits per heavy atom. The number of amides is 1. The first kappa shape index (κ1) is 16.0. The second-order valence-electron chi connectivity index (χ2n) is 6.08. The van der Waals surface area contributed by atoms with Crippen LogP contribution in [-0.2, 0) is 9.53 Å². The van der Waals surface area contributed by atoms with Crippen LogP contribution in [0.15, 0.2) is 12.4 Å². The molecular weight excluding hydrogens is 296 g/mol. The van der Waals surface area contributed by atoms with Gasteiger partial charge in [-0.1, -0.05) is 0 Å². The van der Waals surface area contributed by atoms with Crippen molar-refractivity contribution in [3.8, 4) is 5.88 Å². The molecule has 0 aliphatic carbocycles. The molecule has 0 aromatic carbocycles. The maximum atomic E-state index is 12.5. The van der Waals surface area contributed by atoms with Crippen LogP contribution in [0.4, 0.5) is 5.82 Å². The average Bonchev–Trinajstić information content (AvgIpc) is 2.63. The fourth-order valence-electron chi connectivity index (χ4n) is 3.19. The Labute approximate surface area is 136 Å². The summed E-state index contributed by atoms with van der Waals surface area (Å²) in [7, 11) is 1.59. The van der Waals surface area contributed by atoms with Crippen molar-refractivity contribution in [3.63, 3.8) is 0 Å². The van der Waals surface area contributed by atoms with E-state index in [2.05, 4.69) is 15.3 Å². The van der Waals surface area contributed by atoms with E-state index >= 15 is 0 Å². The topological polar surface area (TPSA) is 76.6 Å². The third kappa shape index (κ3) is 4.10. The lowest BCUT2D eigenvalue weighted by Crippen LogP contribution is -2.45. The van der Waals surface area contributed by atoms with E-state index in [1.165, 1.54) is 6.33 Å². The molecule has 3 rings (SSSR count). The van der Waals surface area contributed by atoms with Gasteiger partial charge < -0.3 is 19.7 Å². The average molecular weight is 320 g/mol. The third-order valence-corrected chi connectivity index (χ3v) is 4.58. The lowest BCUT2D eigenvalue weighted by Gasteiger charge is -2.35. The van der Waals surface area contributed by atoms with E-state index in [1.807, 2.05) is 4.90 Å². The summed E-state index contributed by atoms with van der Waals surface area (Å²) in [5, 5.41) is 3.41. The number of nitrogens with zero attached hydrogens (tertiary/aromatic N) is 3. The number of hydrogen-bond acceptors (Lipinski definition) is 6. The molecule has 3 heterocycles. The zero-order valence-electron chi connectivity index (χ0n) is 13.5. The molecule has 0 atom stereocenters. The fourth-order valence-corrected chi connectivity index (χ4v) is 3.19. The van der Waals surface area contributed by atoms with Crippen molar-refractivity contribution in [1.29, 1.82) is 0 Å². The van der Waals surface area contributed by atoms with Crippen LogP contribution in [0.5, 0.6) is 5.88 Å². The number of nitrogens with one attached hydrogen (secondary N) is 1. The number of likely N-dealkylation sites (tertiary alicyclic amines) is 1. The molecule has 1 aromatic heterocycles. The highest BCUT2D eigenvalue weighted by Gasteiger charge is 2.29. The highest BCUT2D eigenvalue weighted by molar-refractivity contribution is 5.79. The van der Waals surface area contributed by atoms with Gasteiger partial charge in [-0.3, -0.25) is 4.79 Å². The van der Waals surface area contributed by atoms with Crippen molar-refractivity contribution in [1.82, 2.24) is 14.9 Å². The first-order chi connectivity index (χ1) is 11.3. The summed E-state index contributed by atoms with van der Waals surface area (Å²) < 4.78 is 10.4. The molecule has 1 amide bonds. The fraction of sp³-hybridized carbons (Fsp3) is 0.688. The molecule has 0 radical (unpaired) electrons. The van der Waals surface area contributed by atoms with Crippen LogP contribution in [0.3, 0.4) is 0 Å². The molecule has 1 N–H and O–H groups in total. The normalized spacial score (nSPS) is 20.3. The largest absolute Gasteiger partial charge is 0.481 e. The van der Waals surface area contributed by atoms with Gasteiger partial charge in [0, 0.05) is 44.3 Å². The molecule has 2 aliphatic heterocycles. The number of piperidine rings is 1. The van der Waals surface area contributed by atoms with Crippen LogP contribution in [0.2, 0.25) is 0 Å². The molecule has 0 spiro atoms. The summed E-state index contributed by atoms with van der Waals surface area (Å²) in [5.41, 5.74) is 0. The van der Waals surface area contributed by atoms with Crippen molar-refractivity contribution < 1.29 is 14.3 Å². The van der Waals surface area contributed by atoms with Gasteiger partial charge in [-0.05, 0) is 25.7 Å². The molecule has 0 unspecified atom stereocenters. The number of methoxy groups -OCH3 is 1. The zero-order valence-corrected chi connectivity index (χ0v) is 13.5. The predicted molar refractivity (Wildman–Crippen MR) is 85.4 cm³/mol. The molecule has 7 nitrogen and oxygen atoms in total. The van der Waals surface area contributed by atoms with Crippen molar-refractivity contribution in [2.75, 3.05) is 38.7 Å². The van der Waals surface area contributed by atoms with Gasteiger partial charge in [0.2, 0.25) is 11.8 Å². The molecule has 1 aromatic rings. The SMILES string of the molecule is COc1cc(NC2CCN(C(=O)C3CCOCC3)CC2)ncn1. The van der Waals surface area contributed by atoms with E-state index in [-0.39, 0.29) is 5.92 Å². The number of rotatable bonds is 4. The minimum atomic E-state index is 0.152. The van der Waals surface area contributed by atoms with Crippen LogP contribution in [0.25, 0.3) is 0 Å². The van der Waals surface area contributed by atoms with Gasteiger partial charge in [-0.15, -0.1) is 0 Å². The van der Waals surface area contributed by atoms with Gasteiger partial charge in [0.15, 0.2) is 0 Å². The van der Waals surface area contributed by atoms with Crippen LogP contribution >= 0.6 is 0 Å². The van der Waals surface area contributed by atoms with Gasteiger partial charge in [0.25, 0.3) is 0 Å². The highest BCUT2D eigenvalue weighted by Crippen LogP contribution is 2.22. The van der Waals surface area contributed by atoms with Gasteiger partial charge in [-0.25, -0.2) is 9.97 Å². The Hall–Kier alpha value is -1.89. The highest BCUT2D eigenvalue weighted by atomic mass is 16.5. The van der Waals surface area contributed by atoms with E-state index in [1.54, 1.807) is 13.2 Å². The molecule has 0 saturated carbocycles. The molecule has 2 saturated heterocycles. The maximum absolute atomic E-state index is 12.5. The lowest BCUT2D eigenvalue weighted by atomic mass is 9.96. The number of carbonyl (C=O) groups excluding carboxylic acids is 1. The summed E-state index contributed by atoms with van der Waals surface area (Å²) in [4.78, 5) is 22.7. The summed E-state index contributed by atoms with van der Waals surface area (Å²) in [6.07, 6.45) is 5.07. The molecule has 23 heavy (non-hydrogen) atoms. The Balaban J connectivity index is 1.48. The van der Waals surface area contributed by atoms with E-state index in [9.17, 15) is 4.79 Å². The Kier molecular flexibility index (Phi) is 5.27. The minimum absolute atomic E-state index is 0.152. The first-order valence-electron chi connectivity index (χ1n) is 8.25. The summed E-state index contributed by atoms with van der Waals surface area (Å²) in [6, 6.07) is 2.12.